The molecule has 1 aromatic carbocycles. The third kappa shape index (κ3) is 6.67. The maximum absolute atomic E-state index is 13.1. The molecule has 1 atom stereocenters. The van der Waals surface area contributed by atoms with Crippen LogP contribution in [0.3, 0.4) is 0 Å². The lowest BCUT2D eigenvalue weighted by atomic mass is 9.99. The zero-order valence-corrected chi connectivity index (χ0v) is 22.0. The molecule has 0 saturated carbocycles. The van der Waals surface area contributed by atoms with Crippen LogP contribution in [0.15, 0.2) is 42.6 Å². The Balaban J connectivity index is 1.16. The molecule has 2 aromatic rings. The number of nitrogens with zero attached hydrogens (tertiary/aromatic N) is 4. The fourth-order valence-corrected chi connectivity index (χ4v) is 5.94. The Bertz CT molecular complexity index is 1080. The fourth-order valence-electron chi connectivity index (χ4n) is 5.94. The molecule has 2 saturated heterocycles. The first-order valence-corrected chi connectivity index (χ1v) is 13.8. The molecule has 2 fully saturated rings. The highest BCUT2D eigenvalue weighted by molar-refractivity contribution is 5.94. The largest absolute Gasteiger partial charge is 0.367 e. The van der Waals surface area contributed by atoms with Crippen molar-refractivity contribution in [2.45, 2.75) is 57.7 Å². The predicted octanol–water partition coefficient (Wildman–Crippen LogP) is 2.76. The summed E-state index contributed by atoms with van der Waals surface area (Å²) in [6, 6.07) is 13.0. The van der Waals surface area contributed by atoms with Gasteiger partial charge in [0.25, 0.3) is 5.91 Å². The van der Waals surface area contributed by atoms with Crippen LogP contribution in [0.2, 0.25) is 0 Å². The second-order valence-corrected chi connectivity index (χ2v) is 10.7. The molecule has 0 aliphatic carbocycles. The number of rotatable bonds is 8. The van der Waals surface area contributed by atoms with Gasteiger partial charge in [-0.3, -0.25) is 19.4 Å². The average Bonchev–Trinajstić information content (AvgIpc) is 3.46. The van der Waals surface area contributed by atoms with E-state index >= 15 is 0 Å². The molecule has 37 heavy (non-hydrogen) atoms. The van der Waals surface area contributed by atoms with E-state index in [9.17, 15) is 9.59 Å². The Morgan fingerprint density at radius 3 is 2.54 bits per heavy atom. The summed E-state index contributed by atoms with van der Waals surface area (Å²) in [5, 5.41) is 6.69. The molecule has 2 amide bonds. The van der Waals surface area contributed by atoms with Gasteiger partial charge in [0.2, 0.25) is 5.91 Å². The molecule has 8 heteroatoms. The van der Waals surface area contributed by atoms with E-state index in [1.807, 2.05) is 11.0 Å². The quantitative estimate of drug-likeness (QED) is 0.576. The molecule has 5 rings (SSSR count). The number of aromatic nitrogens is 1. The zero-order chi connectivity index (χ0) is 25.6. The summed E-state index contributed by atoms with van der Waals surface area (Å²) in [6.45, 7) is 9.02. The molecule has 4 heterocycles. The number of benzene rings is 1. The number of hydrogen-bond acceptors (Lipinski definition) is 6. The van der Waals surface area contributed by atoms with Crippen molar-refractivity contribution < 1.29 is 9.59 Å². The average molecular weight is 505 g/mol. The number of carbonyl (C=O) groups excluding carboxylic acids is 2. The Morgan fingerprint density at radius 1 is 1.03 bits per heavy atom. The Labute approximate surface area is 220 Å². The topological polar surface area (TPSA) is 80.8 Å². The molecule has 2 N–H and O–H groups in total. The number of likely N-dealkylation sites (tertiary alicyclic amines) is 2. The molecule has 198 valence electrons. The lowest BCUT2D eigenvalue weighted by Gasteiger charge is -2.35. The van der Waals surface area contributed by atoms with Crippen molar-refractivity contribution in [3.05, 3.63) is 59.3 Å². The number of carbonyl (C=O) groups is 2. The van der Waals surface area contributed by atoms with Crippen molar-refractivity contribution in [3.63, 3.8) is 0 Å². The van der Waals surface area contributed by atoms with Crippen LogP contribution in [0.5, 0.6) is 0 Å². The summed E-state index contributed by atoms with van der Waals surface area (Å²) in [6.07, 6.45) is 7.03. The van der Waals surface area contributed by atoms with Gasteiger partial charge in [-0.25, -0.2) is 4.98 Å². The maximum atomic E-state index is 13.1. The summed E-state index contributed by atoms with van der Waals surface area (Å²) in [4.78, 5) is 36.1. The van der Waals surface area contributed by atoms with Gasteiger partial charge in [0.15, 0.2) is 0 Å². The molecule has 0 spiro atoms. The second kappa shape index (κ2) is 12.0. The van der Waals surface area contributed by atoms with Crippen molar-refractivity contribution in [3.8, 4) is 0 Å². The minimum Gasteiger partial charge on any atom is -0.367 e. The number of nitrogens with one attached hydrogen (secondary N) is 2. The van der Waals surface area contributed by atoms with Crippen LogP contribution >= 0.6 is 0 Å². The molecule has 1 unspecified atom stereocenters. The standard InChI is InChI=1S/C29H40N6O2/c1-22(36)34-16-10-26(11-17-34)32-28-18-24(8-12-30-28)29(37)31-19-27(35-13-4-5-14-35)21-33-15-9-23-6-2-3-7-25(23)20-33/h2-3,6-8,12,18,26-27H,4-5,9-11,13-17,19-21H2,1H3,(H,30,32)(H,31,37). The highest BCUT2D eigenvalue weighted by Crippen LogP contribution is 2.21. The first kappa shape index (κ1) is 25.7. The van der Waals surface area contributed by atoms with Crippen molar-refractivity contribution in [1.82, 2.24) is 25.0 Å². The van der Waals surface area contributed by atoms with Gasteiger partial charge in [-0.05, 0) is 68.5 Å². The number of hydrogen-bond donors (Lipinski definition) is 2. The number of piperidine rings is 1. The monoisotopic (exact) mass is 504 g/mol. The summed E-state index contributed by atoms with van der Waals surface area (Å²) in [5.74, 6) is 0.801. The third-order valence-electron chi connectivity index (χ3n) is 8.15. The van der Waals surface area contributed by atoms with E-state index in [0.29, 0.717) is 18.2 Å². The van der Waals surface area contributed by atoms with Gasteiger partial charge in [-0.1, -0.05) is 24.3 Å². The minimum absolute atomic E-state index is 0.0509. The van der Waals surface area contributed by atoms with Crippen LogP contribution in [-0.2, 0) is 17.8 Å². The van der Waals surface area contributed by atoms with E-state index in [1.165, 1.54) is 24.0 Å². The predicted molar refractivity (Wildman–Crippen MR) is 145 cm³/mol. The first-order chi connectivity index (χ1) is 18.0. The van der Waals surface area contributed by atoms with Gasteiger partial charge in [0, 0.05) is 70.0 Å². The molecule has 0 bridgehead atoms. The van der Waals surface area contributed by atoms with E-state index in [1.54, 1.807) is 19.2 Å². The second-order valence-electron chi connectivity index (χ2n) is 10.7. The van der Waals surface area contributed by atoms with E-state index in [0.717, 1.165) is 70.9 Å². The van der Waals surface area contributed by atoms with E-state index in [-0.39, 0.29) is 17.9 Å². The van der Waals surface area contributed by atoms with Gasteiger partial charge in [-0.2, -0.15) is 0 Å². The zero-order valence-electron chi connectivity index (χ0n) is 22.0. The van der Waals surface area contributed by atoms with Gasteiger partial charge in [0.1, 0.15) is 5.82 Å². The Hall–Kier alpha value is -2.97. The van der Waals surface area contributed by atoms with Gasteiger partial charge >= 0.3 is 0 Å². The first-order valence-electron chi connectivity index (χ1n) is 13.8. The molecule has 0 radical (unpaired) electrons. The van der Waals surface area contributed by atoms with Crippen molar-refractivity contribution in [2.24, 2.45) is 0 Å². The van der Waals surface area contributed by atoms with E-state index < -0.39 is 0 Å². The van der Waals surface area contributed by atoms with Crippen LogP contribution in [0.4, 0.5) is 5.82 Å². The fraction of sp³-hybridized carbons (Fsp3) is 0.552. The van der Waals surface area contributed by atoms with Crippen LogP contribution in [0.1, 0.15) is 54.1 Å². The smallest absolute Gasteiger partial charge is 0.251 e. The number of pyridine rings is 1. The summed E-state index contributed by atoms with van der Waals surface area (Å²) >= 11 is 0. The number of anilines is 1. The molecular weight excluding hydrogens is 464 g/mol. The summed E-state index contributed by atoms with van der Waals surface area (Å²) in [7, 11) is 0. The van der Waals surface area contributed by atoms with E-state index in [4.69, 9.17) is 0 Å². The van der Waals surface area contributed by atoms with Crippen LogP contribution in [-0.4, -0.2) is 89.4 Å². The van der Waals surface area contributed by atoms with Crippen LogP contribution in [0, 0.1) is 0 Å². The van der Waals surface area contributed by atoms with Crippen molar-refractivity contribution in [2.75, 3.05) is 51.1 Å². The van der Waals surface area contributed by atoms with E-state index in [2.05, 4.69) is 49.7 Å². The lowest BCUT2D eigenvalue weighted by Crippen LogP contribution is -2.50. The highest BCUT2D eigenvalue weighted by Gasteiger charge is 2.27. The Kier molecular flexibility index (Phi) is 8.36. The number of amides is 2. The third-order valence-corrected chi connectivity index (χ3v) is 8.15. The maximum Gasteiger partial charge on any atom is 0.251 e. The van der Waals surface area contributed by atoms with Crippen LogP contribution < -0.4 is 10.6 Å². The molecule has 1 aromatic heterocycles. The molecule has 3 aliphatic rings. The van der Waals surface area contributed by atoms with Gasteiger partial charge in [0.05, 0.1) is 0 Å². The number of fused-ring (bicyclic) bond motifs is 1. The van der Waals surface area contributed by atoms with Gasteiger partial charge < -0.3 is 15.5 Å². The summed E-state index contributed by atoms with van der Waals surface area (Å²) < 4.78 is 0. The lowest BCUT2D eigenvalue weighted by molar-refractivity contribution is -0.129. The minimum atomic E-state index is -0.0509. The summed E-state index contributed by atoms with van der Waals surface area (Å²) in [5.41, 5.74) is 3.53. The normalized spacial score (nSPS) is 19.9. The molecule has 8 nitrogen and oxygen atoms in total. The van der Waals surface area contributed by atoms with Gasteiger partial charge in [-0.15, -0.1) is 0 Å². The SMILES string of the molecule is CC(=O)N1CCC(Nc2cc(C(=O)NCC(CN3CCc4ccccc4C3)N3CCCC3)ccn2)CC1. The van der Waals surface area contributed by atoms with Crippen LogP contribution in [0.25, 0.3) is 0 Å². The molecule has 3 aliphatic heterocycles. The Morgan fingerprint density at radius 2 is 1.78 bits per heavy atom. The van der Waals surface area contributed by atoms with Crippen molar-refractivity contribution in [1.29, 1.82) is 0 Å². The molecular formula is C29H40N6O2. The van der Waals surface area contributed by atoms with Crippen molar-refractivity contribution >= 4 is 17.6 Å². The highest BCUT2D eigenvalue weighted by atomic mass is 16.2.